The molecule has 0 aliphatic carbocycles. The normalized spacial score (nSPS) is 11.3. The summed E-state index contributed by atoms with van der Waals surface area (Å²) in [7, 11) is 3.34. The summed E-state index contributed by atoms with van der Waals surface area (Å²) in [5.74, 6) is -1.33. The zero-order chi connectivity index (χ0) is 11.4. The van der Waals surface area contributed by atoms with Crippen LogP contribution in [0.25, 0.3) is 0 Å². The number of allylic oxidation sites excluding steroid dienone is 1. The lowest BCUT2D eigenvalue weighted by Crippen LogP contribution is -2.07. The molecule has 0 atom stereocenters. The van der Waals surface area contributed by atoms with E-state index in [1.807, 2.05) is 6.92 Å². The SMILES string of the molecule is Cc1ccc(C(=O)C(F)=CN(C)C)cc1. The maximum absolute atomic E-state index is 13.3. The van der Waals surface area contributed by atoms with E-state index in [4.69, 9.17) is 0 Å². The highest BCUT2D eigenvalue weighted by molar-refractivity contribution is 6.07. The number of ketones is 1. The third-order valence-electron chi connectivity index (χ3n) is 1.90. The van der Waals surface area contributed by atoms with Crippen molar-refractivity contribution in [3.8, 4) is 0 Å². The molecule has 2 nitrogen and oxygen atoms in total. The van der Waals surface area contributed by atoms with Crippen LogP contribution in [0.15, 0.2) is 36.3 Å². The van der Waals surface area contributed by atoms with Gasteiger partial charge in [0.2, 0.25) is 5.78 Å². The zero-order valence-electron chi connectivity index (χ0n) is 9.12. The molecule has 15 heavy (non-hydrogen) atoms. The fourth-order valence-electron chi connectivity index (χ4n) is 1.13. The van der Waals surface area contributed by atoms with Crippen LogP contribution in [-0.4, -0.2) is 24.8 Å². The van der Waals surface area contributed by atoms with Gasteiger partial charge in [-0.05, 0) is 6.92 Å². The van der Waals surface area contributed by atoms with E-state index < -0.39 is 11.6 Å². The van der Waals surface area contributed by atoms with E-state index in [0.29, 0.717) is 5.56 Å². The number of nitrogens with zero attached hydrogens (tertiary/aromatic N) is 1. The zero-order valence-corrected chi connectivity index (χ0v) is 9.12. The molecule has 0 N–H and O–H groups in total. The van der Waals surface area contributed by atoms with Gasteiger partial charge in [0.05, 0.1) is 0 Å². The molecule has 0 radical (unpaired) electrons. The third-order valence-corrected chi connectivity index (χ3v) is 1.90. The fourth-order valence-corrected chi connectivity index (χ4v) is 1.13. The first-order valence-electron chi connectivity index (χ1n) is 4.66. The van der Waals surface area contributed by atoms with E-state index in [1.165, 1.54) is 11.1 Å². The molecule has 0 amide bonds. The van der Waals surface area contributed by atoms with E-state index in [-0.39, 0.29) is 0 Å². The van der Waals surface area contributed by atoms with Crippen molar-refractivity contribution in [2.45, 2.75) is 6.92 Å². The quantitative estimate of drug-likeness (QED) is 0.560. The smallest absolute Gasteiger partial charge is 0.222 e. The minimum absolute atomic E-state index is 0.371. The minimum Gasteiger partial charge on any atom is -0.381 e. The third kappa shape index (κ3) is 3.20. The molecule has 0 unspecified atom stereocenters. The second kappa shape index (κ2) is 4.73. The van der Waals surface area contributed by atoms with E-state index in [1.54, 1.807) is 38.4 Å². The number of aryl methyl sites for hydroxylation is 1. The van der Waals surface area contributed by atoms with E-state index in [0.717, 1.165) is 5.56 Å². The van der Waals surface area contributed by atoms with E-state index in [2.05, 4.69) is 0 Å². The highest BCUT2D eigenvalue weighted by Gasteiger charge is 2.11. The van der Waals surface area contributed by atoms with Gasteiger partial charge >= 0.3 is 0 Å². The number of rotatable bonds is 3. The molecular weight excluding hydrogens is 193 g/mol. The lowest BCUT2D eigenvalue weighted by atomic mass is 10.1. The van der Waals surface area contributed by atoms with Crippen LogP contribution in [0.2, 0.25) is 0 Å². The summed E-state index contributed by atoms with van der Waals surface area (Å²) >= 11 is 0. The molecule has 0 aromatic heterocycles. The Bertz CT molecular complexity index is 379. The summed E-state index contributed by atoms with van der Waals surface area (Å²) in [4.78, 5) is 13.0. The number of hydrogen-bond donors (Lipinski definition) is 0. The van der Waals surface area contributed by atoms with E-state index in [9.17, 15) is 9.18 Å². The van der Waals surface area contributed by atoms with Crippen molar-refractivity contribution in [3.63, 3.8) is 0 Å². The molecule has 1 aromatic carbocycles. The van der Waals surface area contributed by atoms with Gasteiger partial charge in [0, 0.05) is 25.9 Å². The van der Waals surface area contributed by atoms with Crippen LogP contribution < -0.4 is 0 Å². The predicted molar refractivity (Wildman–Crippen MR) is 58.4 cm³/mol. The topological polar surface area (TPSA) is 20.3 Å². The highest BCUT2D eigenvalue weighted by atomic mass is 19.1. The Kier molecular flexibility index (Phi) is 3.61. The van der Waals surface area contributed by atoms with Gasteiger partial charge in [-0.3, -0.25) is 4.79 Å². The van der Waals surface area contributed by atoms with E-state index >= 15 is 0 Å². The molecule has 0 spiro atoms. The number of hydrogen-bond acceptors (Lipinski definition) is 2. The van der Waals surface area contributed by atoms with Gasteiger partial charge in [-0.2, -0.15) is 0 Å². The Morgan fingerprint density at radius 3 is 2.27 bits per heavy atom. The van der Waals surface area contributed by atoms with Crippen LogP contribution in [0.1, 0.15) is 15.9 Å². The second-order valence-electron chi connectivity index (χ2n) is 3.64. The molecule has 80 valence electrons. The maximum atomic E-state index is 13.3. The number of Topliss-reactive ketones (excluding diaryl/α,β-unsaturated/α-hetero) is 1. The number of carbonyl (C=O) groups excluding carboxylic acids is 1. The summed E-state index contributed by atoms with van der Waals surface area (Å²) in [5.41, 5.74) is 1.42. The van der Waals surface area contributed by atoms with Crippen LogP contribution in [0, 0.1) is 6.92 Å². The van der Waals surface area contributed by atoms with Gasteiger partial charge in [-0.15, -0.1) is 0 Å². The molecule has 0 aliphatic heterocycles. The number of benzene rings is 1. The summed E-state index contributed by atoms with van der Waals surface area (Å²) in [6, 6.07) is 6.83. The average molecular weight is 207 g/mol. The molecule has 0 saturated carbocycles. The molecule has 0 fully saturated rings. The van der Waals surface area contributed by atoms with Crippen molar-refractivity contribution in [2.24, 2.45) is 0 Å². The summed E-state index contributed by atoms with van der Waals surface area (Å²) in [6.07, 6.45) is 1.17. The predicted octanol–water partition coefficient (Wildman–Crippen LogP) is 2.55. The van der Waals surface area contributed by atoms with Gasteiger partial charge in [0.15, 0.2) is 5.83 Å². The standard InChI is InChI=1S/C12H14FNO/c1-9-4-6-10(7-5-9)12(15)11(13)8-14(2)3/h4-8H,1-3H3. The lowest BCUT2D eigenvalue weighted by Gasteiger charge is -2.05. The van der Waals surface area contributed by atoms with Crippen molar-refractivity contribution in [1.82, 2.24) is 4.90 Å². The monoisotopic (exact) mass is 207 g/mol. The van der Waals surface area contributed by atoms with Crippen molar-refractivity contribution in [1.29, 1.82) is 0 Å². The Labute approximate surface area is 89.0 Å². The fraction of sp³-hybridized carbons (Fsp3) is 0.250. The van der Waals surface area contributed by atoms with Crippen molar-refractivity contribution < 1.29 is 9.18 Å². The molecule has 0 aliphatic rings. The summed E-state index contributed by atoms with van der Waals surface area (Å²) < 4.78 is 13.3. The second-order valence-corrected chi connectivity index (χ2v) is 3.64. The van der Waals surface area contributed by atoms with Gasteiger partial charge in [0.1, 0.15) is 0 Å². The van der Waals surface area contributed by atoms with Crippen LogP contribution in [-0.2, 0) is 0 Å². The average Bonchev–Trinajstić information content (AvgIpc) is 2.17. The molecular formula is C12H14FNO. The van der Waals surface area contributed by atoms with Gasteiger partial charge in [-0.25, -0.2) is 4.39 Å². The Hall–Kier alpha value is -1.64. The van der Waals surface area contributed by atoms with Gasteiger partial charge in [-0.1, -0.05) is 29.8 Å². The number of halogens is 1. The van der Waals surface area contributed by atoms with Crippen molar-refractivity contribution in [2.75, 3.05) is 14.1 Å². The van der Waals surface area contributed by atoms with Crippen molar-refractivity contribution >= 4 is 5.78 Å². The first kappa shape index (κ1) is 11.4. The van der Waals surface area contributed by atoms with Crippen LogP contribution >= 0.6 is 0 Å². The highest BCUT2D eigenvalue weighted by Crippen LogP contribution is 2.11. The minimum atomic E-state index is -0.746. The Morgan fingerprint density at radius 1 is 1.27 bits per heavy atom. The molecule has 1 aromatic rings. The first-order chi connectivity index (χ1) is 7.00. The van der Waals surface area contributed by atoms with Gasteiger partial charge in [0.25, 0.3) is 0 Å². The first-order valence-corrected chi connectivity index (χ1v) is 4.66. The summed E-state index contributed by atoms with van der Waals surface area (Å²) in [5, 5.41) is 0. The largest absolute Gasteiger partial charge is 0.381 e. The molecule has 0 bridgehead atoms. The summed E-state index contributed by atoms with van der Waals surface area (Å²) in [6.45, 7) is 1.92. The van der Waals surface area contributed by atoms with Crippen LogP contribution in [0.5, 0.6) is 0 Å². The molecule has 0 heterocycles. The molecule has 3 heteroatoms. The van der Waals surface area contributed by atoms with Crippen LogP contribution in [0.4, 0.5) is 4.39 Å². The maximum Gasteiger partial charge on any atom is 0.222 e. The number of carbonyl (C=O) groups is 1. The van der Waals surface area contributed by atoms with Crippen molar-refractivity contribution in [3.05, 3.63) is 47.4 Å². The van der Waals surface area contributed by atoms with Crippen LogP contribution in [0.3, 0.4) is 0 Å². The lowest BCUT2D eigenvalue weighted by molar-refractivity contribution is 0.100. The Morgan fingerprint density at radius 2 is 1.80 bits per heavy atom. The molecule has 0 saturated heterocycles. The van der Waals surface area contributed by atoms with Gasteiger partial charge < -0.3 is 4.90 Å². The molecule has 1 rings (SSSR count). The Balaban J connectivity index is 2.90.